The van der Waals surface area contributed by atoms with Crippen molar-refractivity contribution in [3.05, 3.63) is 57.6 Å². The summed E-state index contributed by atoms with van der Waals surface area (Å²) in [6, 6.07) is 8.77. The van der Waals surface area contributed by atoms with Crippen molar-refractivity contribution in [2.45, 2.75) is 11.8 Å². The average molecular weight is 476 g/mol. The van der Waals surface area contributed by atoms with Crippen LogP contribution in [0.1, 0.15) is 15.9 Å². The highest BCUT2D eigenvalue weighted by Crippen LogP contribution is 2.42. The van der Waals surface area contributed by atoms with Gasteiger partial charge in [-0.15, -0.1) is 4.40 Å². The molecule has 11 nitrogen and oxygen atoms in total. The molecule has 1 amide bonds. The Morgan fingerprint density at radius 1 is 1.28 bits per heavy atom. The summed E-state index contributed by atoms with van der Waals surface area (Å²) in [6.07, 6.45) is 0. The average Bonchev–Trinajstić information content (AvgIpc) is 3.08. The molecule has 0 fully saturated rings. The van der Waals surface area contributed by atoms with E-state index in [1.54, 1.807) is 24.0 Å². The van der Waals surface area contributed by atoms with Crippen LogP contribution in [0.5, 0.6) is 0 Å². The number of thioether (sulfide) groups is 1. The molecule has 0 aromatic heterocycles. The van der Waals surface area contributed by atoms with E-state index in [2.05, 4.69) is 9.71 Å². The minimum Gasteiger partial charge on any atom is -0.452 e. The fourth-order valence-electron chi connectivity index (χ4n) is 3.16. The minimum absolute atomic E-state index is 0.0797. The molecule has 0 atom stereocenters. The number of fused-ring (bicyclic) bond motifs is 3. The quantitative estimate of drug-likeness (QED) is 0.390. The third-order valence-electron chi connectivity index (χ3n) is 4.74. The lowest BCUT2D eigenvalue weighted by Gasteiger charge is -2.22. The summed E-state index contributed by atoms with van der Waals surface area (Å²) in [5.74, 6) is -1.39. The number of sulfonamides is 1. The fraction of sp³-hybridized carbons (Fsp3) is 0.211. The number of rotatable bonds is 5. The lowest BCUT2D eigenvalue weighted by molar-refractivity contribution is -0.384. The Morgan fingerprint density at radius 3 is 2.78 bits per heavy atom. The molecule has 2 aliphatic heterocycles. The molecular weight excluding hydrogens is 460 g/mol. The van der Waals surface area contributed by atoms with Gasteiger partial charge in [-0.3, -0.25) is 14.9 Å². The number of nitrogens with one attached hydrogen (secondary N) is 1. The molecule has 0 saturated heterocycles. The Kier molecular flexibility index (Phi) is 5.60. The SMILES string of the molecule is Cc1cc([N+](=O)[O-])ccc1NC(=O)COC(=O)c1ccc2c(c1)SC1=NS(=O)(=O)CCN12. The van der Waals surface area contributed by atoms with E-state index in [4.69, 9.17) is 4.74 Å². The molecule has 0 saturated carbocycles. The van der Waals surface area contributed by atoms with Crippen molar-refractivity contribution in [1.82, 2.24) is 0 Å². The number of benzene rings is 2. The molecule has 2 aliphatic rings. The lowest BCUT2D eigenvalue weighted by Crippen LogP contribution is -2.35. The van der Waals surface area contributed by atoms with E-state index < -0.39 is 33.4 Å². The molecular formula is C19H16N4O7S2. The number of aryl methyl sites for hydroxylation is 1. The largest absolute Gasteiger partial charge is 0.452 e. The van der Waals surface area contributed by atoms with Crippen LogP contribution in [-0.2, 0) is 19.6 Å². The van der Waals surface area contributed by atoms with Gasteiger partial charge in [0.25, 0.3) is 21.6 Å². The molecule has 2 aromatic rings. The van der Waals surface area contributed by atoms with Crippen LogP contribution < -0.4 is 10.2 Å². The highest BCUT2D eigenvalue weighted by Gasteiger charge is 2.33. The van der Waals surface area contributed by atoms with Gasteiger partial charge in [0.15, 0.2) is 11.8 Å². The van der Waals surface area contributed by atoms with Crippen LogP contribution in [0.2, 0.25) is 0 Å². The van der Waals surface area contributed by atoms with E-state index in [1.165, 1.54) is 24.3 Å². The first-order valence-electron chi connectivity index (χ1n) is 9.27. The third-order valence-corrected chi connectivity index (χ3v) is 7.04. The Labute approximate surface area is 186 Å². The molecule has 4 rings (SSSR count). The van der Waals surface area contributed by atoms with Crippen molar-refractivity contribution < 1.29 is 27.7 Å². The van der Waals surface area contributed by atoms with Crippen LogP contribution >= 0.6 is 11.8 Å². The smallest absolute Gasteiger partial charge is 0.338 e. The summed E-state index contributed by atoms with van der Waals surface area (Å²) < 4.78 is 32.2. The van der Waals surface area contributed by atoms with Crippen LogP contribution in [0.3, 0.4) is 0 Å². The molecule has 1 N–H and O–H groups in total. The number of amidine groups is 1. The van der Waals surface area contributed by atoms with E-state index in [-0.39, 0.29) is 23.5 Å². The van der Waals surface area contributed by atoms with Crippen molar-refractivity contribution in [3.63, 3.8) is 0 Å². The molecule has 166 valence electrons. The molecule has 2 heterocycles. The number of nitrogens with zero attached hydrogens (tertiary/aromatic N) is 3. The van der Waals surface area contributed by atoms with E-state index in [0.717, 1.165) is 17.4 Å². The number of hydrogen-bond donors (Lipinski definition) is 1. The first kappa shape index (κ1) is 21.8. The van der Waals surface area contributed by atoms with Gasteiger partial charge in [0, 0.05) is 29.3 Å². The minimum atomic E-state index is -3.48. The van der Waals surface area contributed by atoms with Crippen LogP contribution in [0, 0.1) is 17.0 Å². The summed E-state index contributed by atoms with van der Waals surface area (Å²) in [7, 11) is -3.48. The number of amides is 1. The summed E-state index contributed by atoms with van der Waals surface area (Å²) in [5.41, 5.74) is 1.74. The highest BCUT2D eigenvalue weighted by atomic mass is 32.2. The summed E-state index contributed by atoms with van der Waals surface area (Å²) in [4.78, 5) is 37.2. The standard InChI is InChI=1S/C19H16N4O7S2/c1-11-8-13(23(26)27)3-4-14(11)20-17(24)10-30-18(25)12-2-5-15-16(9-12)31-19-21-32(28,29)7-6-22(15)19/h2-5,8-9H,6-7,10H2,1H3,(H,20,24). The van der Waals surface area contributed by atoms with Gasteiger partial charge in [-0.2, -0.15) is 0 Å². The number of non-ortho nitro benzene ring substituents is 1. The molecule has 0 spiro atoms. The first-order valence-corrected chi connectivity index (χ1v) is 11.7. The normalized spacial score (nSPS) is 15.9. The molecule has 2 aromatic carbocycles. The number of carbonyl (C=O) groups excluding carboxylic acids is 2. The van der Waals surface area contributed by atoms with Crippen LogP contribution in [0.4, 0.5) is 17.1 Å². The van der Waals surface area contributed by atoms with Gasteiger partial charge in [-0.25, -0.2) is 13.2 Å². The number of nitro benzene ring substituents is 1. The molecule has 0 radical (unpaired) electrons. The Hall–Kier alpha value is -3.45. The van der Waals surface area contributed by atoms with Gasteiger partial charge in [0.1, 0.15) is 0 Å². The summed E-state index contributed by atoms with van der Waals surface area (Å²) in [5, 5.41) is 13.7. The van der Waals surface area contributed by atoms with Crippen molar-refractivity contribution >= 4 is 55.9 Å². The molecule has 0 aliphatic carbocycles. The van der Waals surface area contributed by atoms with E-state index in [0.29, 0.717) is 21.3 Å². The Morgan fingerprint density at radius 2 is 2.06 bits per heavy atom. The second kappa shape index (κ2) is 8.24. The Bertz CT molecular complexity index is 1290. The number of carbonyl (C=O) groups is 2. The van der Waals surface area contributed by atoms with Gasteiger partial charge in [0.2, 0.25) is 0 Å². The van der Waals surface area contributed by atoms with Gasteiger partial charge in [-0.1, -0.05) is 0 Å². The zero-order chi connectivity index (χ0) is 23.0. The number of nitro groups is 1. The van der Waals surface area contributed by atoms with Crippen LogP contribution in [0.25, 0.3) is 0 Å². The second-order valence-corrected chi connectivity index (χ2v) is 9.74. The number of anilines is 2. The maximum Gasteiger partial charge on any atom is 0.338 e. The maximum atomic E-state index is 12.4. The van der Waals surface area contributed by atoms with Crippen molar-refractivity contribution in [2.24, 2.45) is 4.40 Å². The van der Waals surface area contributed by atoms with Gasteiger partial charge in [0.05, 0.1) is 21.9 Å². The van der Waals surface area contributed by atoms with Crippen LogP contribution in [0.15, 0.2) is 45.7 Å². The fourth-order valence-corrected chi connectivity index (χ4v) is 5.46. The summed E-state index contributed by atoms with van der Waals surface area (Å²) in [6.45, 7) is 1.35. The predicted octanol–water partition coefficient (Wildman–Crippen LogP) is 2.31. The zero-order valence-corrected chi connectivity index (χ0v) is 18.2. The number of ether oxygens (including phenoxy) is 1. The Balaban J connectivity index is 1.39. The van der Waals surface area contributed by atoms with Crippen LogP contribution in [-0.4, -0.2) is 49.3 Å². The van der Waals surface area contributed by atoms with E-state index in [9.17, 15) is 28.1 Å². The molecule has 0 unspecified atom stereocenters. The number of hydrogen-bond acceptors (Lipinski definition) is 9. The van der Waals surface area contributed by atoms with E-state index in [1.807, 2.05) is 0 Å². The van der Waals surface area contributed by atoms with Gasteiger partial charge >= 0.3 is 5.97 Å². The zero-order valence-electron chi connectivity index (χ0n) is 16.6. The van der Waals surface area contributed by atoms with Crippen molar-refractivity contribution in [1.29, 1.82) is 0 Å². The van der Waals surface area contributed by atoms with Gasteiger partial charge < -0.3 is 15.0 Å². The summed E-state index contributed by atoms with van der Waals surface area (Å²) >= 11 is 1.15. The topological polar surface area (TPSA) is 148 Å². The third kappa shape index (κ3) is 4.43. The van der Waals surface area contributed by atoms with Crippen molar-refractivity contribution in [3.8, 4) is 0 Å². The maximum absolute atomic E-state index is 12.4. The van der Waals surface area contributed by atoms with E-state index >= 15 is 0 Å². The molecule has 13 heteroatoms. The number of esters is 1. The first-order chi connectivity index (χ1) is 15.1. The second-order valence-electron chi connectivity index (χ2n) is 6.98. The highest BCUT2D eigenvalue weighted by molar-refractivity contribution is 8.15. The van der Waals surface area contributed by atoms with Gasteiger partial charge in [-0.05, 0) is 48.5 Å². The lowest BCUT2D eigenvalue weighted by atomic mass is 10.2. The predicted molar refractivity (Wildman–Crippen MR) is 118 cm³/mol. The molecule has 32 heavy (non-hydrogen) atoms. The monoisotopic (exact) mass is 476 g/mol. The van der Waals surface area contributed by atoms with Crippen molar-refractivity contribution in [2.75, 3.05) is 29.1 Å². The molecule has 0 bridgehead atoms.